The van der Waals surface area contributed by atoms with E-state index < -0.39 is 0 Å². The third-order valence-electron chi connectivity index (χ3n) is 2.39. The first kappa shape index (κ1) is 10.2. The van der Waals surface area contributed by atoms with Crippen molar-refractivity contribution in [3.05, 3.63) is 36.0 Å². The van der Waals surface area contributed by atoms with Crippen LogP contribution in [-0.2, 0) is 6.54 Å². The van der Waals surface area contributed by atoms with Crippen molar-refractivity contribution in [3.63, 3.8) is 0 Å². The molecule has 0 atom stereocenters. The Morgan fingerprint density at radius 3 is 3.12 bits per heavy atom. The number of fused-ring (bicyclic) bond motifs is 1. The van der Waals surface area contributed by atoms with Crippen LogP contribution in [0.2, 0.25) is 0 Å². The minimum absolute atomic E-state index is 0.586. The fourth-order valence-corrected chi connectivity index (χ4v) is 2.41. The summed E-state index contributed by atoms with van der Waals surface area (Å²) in [7, 11) is 0. The van der Waals surface area contributed by atoms with Gasteiger partial charge in [0.1, 0.15) is 4.83 Å². The maximum atomic E-state index is 5.46. The van der Waals surface area contributed by atoms with Crippen molar-refractivity contribution in [2.75, 3.05) is 5.43 Å². The van der Waals surface area contributed by atoms with Gasteiger partial charge in [-0.1, -0.05) is 0 Å². The Hall–Kier alpha value is -1.99. The quantitative estimate of drug-likeness (QED) is 0.536. The van der Waals surface area contributed by atoms with Gasteiger partial charge in [0.2, 0.25) is 0 Å². The maximum Gasteiger partial charge on any atom is 0.152 e. The van der Waals surface area contributed by atoms with Gasteiger partial charge in [-0.15, -0.1) is 11.3 Å². The fraction of sp³-hybridized carbons (Fsp3) is 0.100. The largest absolute Gasteiger partial charge is 0.330 e. The molecule has 3 aromatic heterocycles. The average Bonchev–Trinajstić information content (AvgIpc) is 2.98. The molecule has 0 saturated heterocycles. The second-order valence-electron chi connectivity index (χ2n) is 3.51. The van der Waals surface area contributed by atoms with Crippen LogP contribution >= 0.6 is 11.3 Å². The number of aromatic nitrogens is 4. The van der Waals surface area contributed by atoms with Gasteiger partial charge in [-0.05, 0) is 11.4 Å². The van der Waals surface area contributed by atoms with E-state index in [2.05, 4.69) is 20.4 Å². The van der Waals surface area contributed by atoms with Crippen molar-refractivity contribution < 1.29 is 0 Å². The van der Waals surface area contributed by atoms with E-state index in [1.807, 2.05) is 22.2 Å². The zero-order valence-corrected chi connectivity index (χ0v) is 9.68. The average molecular weight is 246 g/mol. The minimum Gasteiger partial charge on any atom is -0.330 e. The molecular weight excluding hydrogens is 236 g/mol. The summed E-state index contributed by atoms with van der Waals surface area (Å²) >= 11 is 1.57. The Balaban J connectivity index is 2.04. The van der Waals surface area contributed by atoms with Gasteiger partial charge >= 0.3 is 0 Å². The third-order valence-corrected chi connectivity index (χ3v) is 3.20. The minimum atomic E-state index is 0.586. The van der Waals surface area contributed by atoms with Crippen molar-refractivity contribution in [2.24, 2.45) is 5.84 Å². The third kappa shape index (κ3) is 1.85. The molecule has 3 rings (SSSR count). The monoisotopic (exact) mass is 246 g/mol. The van der Waals surface area contributed by atoms with Gasteiger partial charge in [0.05, 0.1) is 18.3 Å². The topological polar surface area (TPSA) is 81.6 Å². The van der Waals surface area contributed by atoms with E-state index in [1.54, 1.807) is 23.9 Å². The van der Waals surface area contributed by atoms with Crippen LogP contribution in [0.3, 0.4) is 0 Å². The first-order chi connectivity index (χ1) is 8.36. The molecule has 0 spiro atoms. The SMILES string of the molecule is NNc1nc(Cn2ccnc2)nc2sccc12. The number of rotatable bonds is 3. The van der Waals surface area contributed by atoms with Crippen LogP contribution in [0.1, 0.15) is 5.82 Å². The number of thiophene rings is 1. The van der Waals surface area contributed by atoms with Gasteiger partial charge in [-0.3, -0.25) is 0 Å². The summed E-state index contributed by atoms with van der Waals surface area (Å²) in [5.41, 5.74) is 2.61. The predicted octanol–water partition coefficient (Wildman–Crippen LogP) is 1.22. The van der Waals surface area contributed by atoms with Crippen molar-refractivity contribution in [2.45, 2.75) is 6.54 Å². The highest BCUT2D eigenvalue weighted by Gasteiger charge is 2.08. The molecule has 0 fully saturated rings. The van der Waals surface area contributed by atoms with Gasteiger partial charge in [-0.2, -0.15) is 0 Å². The predicted molar refractivity (Wildman–Crippen MR) is 66.6 cm³/mol. The Kier molecular flexibility index (Phi) is 2.46. The number of hydrazine groups is 1. The Morgan fingerprint density at radius 2 is 2.35 bits per heavy atom. The van der Waals surface area contributed by atoms with E-state index in [-0.39, 0.29) is 0 Å². The molecule has 17 heavy (non-hydrogen) atoms. The van der Waals surface area contributed by atoms with Gasteiger partial charge in [0, 0.05) is 12.4 Å². The van der Waals surface area contributed by atoms with Crippen LogP contribution in [0.25, 0.3) is 10.2 Å². The highest BCUT2D eigenvalue weighted by molar-refractivity contribution is 7.16. The molecule has 3 heterocycles. The van der Waals surface area contributed by atoms with Gasteiger partial charge in [-0.25, -0.2) is 20.8 Å². The summed E-state index contributed by atoms with van der Waals surface area (Å²) in [5, 5.41) is 2.92. The number of nitrogens with one attached hydrogen (secondary N) is 1. The molecule has 0 aliphatic carbocycles. The molecule has 3 aromatic rings. The molecule has 86 valence electrons. The normalized spacial score (nSPS) is 10.9. The number of imidazole rings is 1. The Labute approximate surface area is 101 Å². The lowest BCUT2D eigenvalue weighted by Gasteiger charge is -2.05. The van der Waals surface area contributed by atoms with Gasteiger partial charge < -0.3 is 9.99 Å². The Morgan fingerprint density at radius 1 is 1.41 bits per heavy atom. The highest BCUT2D eigenvalue weighted by atomic mass is 32.1. The number of nitrogens with two attached hydrogens (primary N) is 1. The van der Waals surface area contributed by atoms with E-state index in [0.29, 0.717) is 18.2 Å². The number of anilines is 1. The number of nitrogen functional groups attached to an aromatic ring is 1. The van der Waals surface area contributed by atoms with Crippen LogP contribution < -0.4 is 11.3 Å². The molecule has 0 aliphatic heterocycles. The zero-order chi connectivity index (χ0) is 11.7. The summed E-state index contributed by atoms with van der Waals surface area (Å²) < 4.78 is 1.91. The van der Waals surface area contributed by atoms with Crippen LogP contribution in [0.4, 0.5) is 5.82 Å². The van der Waals surface area contributed by atoms with Crippen molar-refractivity contribution in [1.29, 1.82) is 0 Å². The molecular formula is C10H10N6S. The van der Waals surface area contributed by atoms with Gasteiger partial charge in [0.15, 0.2) is 11.6 Å². The molecule has 0 bridgehead atoms. The molecule has 0 unspecified atom stereocenters. The van der Waals surface area contributed by atoms with Gasteiger partial charge in [0.25, 0.3) is 0 Å². The first-order valence-electron chi connectivity index (χ1n) is 5.03. The van der Waals surface area contributed by atoms with E-state index in [9.17, 15) is 0 Å². The molecule has 0 radical (unpaired) electrons. The van der Waals surface area contributed by atoms with E-state index in [0.717, 1.165) is 10.2 Å². The summed E-state index contributed by atoms with van der Waals surface area (Å²) in [5.74, 6) is 6.84. The van der Waals surface area contributed by atoms with Crippen LogP contribution in [0, 0.1) is 0 Å². The molecule has 0 aromatic carbocycles. The summed E-state index contributed by atoms with van der Waals surface area (Å²) in [6, 6.07) is 1.95. The fourth-order valence-electron chi connectivity index (χ4n) is 1.62. The summed E-state index contributed by atoms with van der Waals surface area (Å²) in [6.45, 7) is 0.586. The zero-order valence-electron chi connectivity index (χ0n) is 8.87. The Bertz CT molecular complexity index is 629. The van der Waals surface area contributed by atoms with Crippen LogP contribution in [0.5, 0.6) is 0 Å². The van der Waals surface area contributed by atoms with E-state index in [1.165, 1.54) is 0 Å². The lowest BCUT2D eigenvalue weighted by molar-refractivity contribution is 0.750. The first-order valence-corrected chi connectivity index (χ1v) is 5.91. The molecule has 0 saturated carbocycles. The van der Waals surface area contributed by atoms with Crippen molar-refractivity contribution in [1.82, 2.24) is 19.5 Å². The van der Waals surface area contributed by atoms with E-state index in [4.69, 9.17) is 5.84 Å². The molecule has 0 amide bonds. The van der Waals surface area contributed by atoms with Crippen molar-refractivity contribution >= 4 is 27.4 Å². The number of nitrogens with zero attached hydrogens (tertiary/aromatic N) is 4. The van der Waals surface area contributed by atoms with Crippen LogP contribution in [0.15, 0.2) is 30.2 Å². The molecule has 7 heteroatoms. The number of hydrogen-bond acceptors (Lipinski definition) is 6. The lowest BCUT2D eigenvalue weighted by Crippen LogP contribution is -2.11. The maximum absolute atomic E-state index is 5.46. The summed E-state index contributed by atoms with van der Waals surface area (Å²) in [4.78, 5) is 13.8. The standard InChI is InChI=1S/C10H10N6S/c11-15-9-7-1-4-17-10(7)14-8(13-9)5-16-3-2-12-6-16/h1-4,6H,5,11H2,(H,13,14,15). The second kappa shape index (κ2) is 4.11. The van der Waals surface area contributed by atoms with E-state index >= 15 is 0 Å². The van der Waals surface area contributed by atoms with Crippen LogP contribution in [-0.4, -0.2) is 19.5 Å². The number of hydrogen-bond donors (Lipinski definition) is 2. The smallest absolute Gasteiger partial charge is 0.152 e. The van der Waals surface area contributed by atoms with Crippen molar-refractivity contribution in [3.8, 4) is 0 Å². The lowest BCUT2D eigenvalue weighted by atomic mass is 10.4. The highest BCUT2D eigenvalue weighted by Crippen LogP contribution is 2.24. The summed E-state index contributed by atoms with van der Waals surface area (Å²) in [6.07, 6.45) is 5.33. The second-order valence-corrected chi connectivity index (χ2v) is 4.40. The molecule has 6 nitrogen and oxygen atoms in total. The molecule has 0 aliphatic rings. The molecule has 3 N–H and O–H groups in total.